The standard InChI is InChI=1S/C15H24FNO/c1-4-15(5-2,12-17-10-11-18-3)13-8-6-7-9-14(13)16/h6-9,17H,4-5,10-12H2,1-3H3. The molecular weight excluding hydrogens is 229 g/mol. The molecule has 0 aliphatic carbocycles. The Morgan fingerprint density at radius 3 is 2.44 bits per heavy atom. The van der Waals surface area contributed by atoms with Crippen LogP contribution in [0.4, 0.5) is 4.39 Å². The van der Waals surface area contributed by atoms with Crippen molar-refractivity contribution in [2.75, 3.05) is 26.8 Å². The molecule has 1 rings (SSSR count). The van der Waals surface area contributed by atoms with Gasteiger partial charge in [-0.25, -0.2) is 4.39 Å². The van der Waals surface area contributed by atoms with E-state index in [9.17, 15) is 4.39 Å². The summed E-state index contributed by atoms with van der Waals surface area (Å²) in [5.41, 5.74) is 0.693. The third kappa shape index (κ3) is 3.53. The quantitative estimate of drug-likeness (QED) is 0.719. The summed E-state index contributed by atoms with van der Waals surface area (Å²) in [6, 6.07) is 7.10. The normalized spacial score (nSPS) is 11.8. The van der Waals surface area contributed by atoms with Crippen LogP contribution in [-0.2, 0) is 10.2 Å². The van der Waals surface area contributed by atoms with Crippen molar-refractivity contribution in [3.8, 4) is 0 Å². The molecule has 0 atom stereocenters. The Morgan fingerprint density at radius 1 is 1.22 bits per heavy atom. The molecule has 2 nitrogen and oxygen atoms in total. The Hall–Kier alpha value is -0.930. The average Bonchev–Trinajstić information content (AvgIpc) is 2.41. The molecule has 3 heteroatoms. The lowest BCUT2D eigenvalue weighted by Crippen LogP contribution is -2.39. The first-order chi connectivity index (χ1) is 8.70. The number of benzene rings is 1. The van der Waals surface area contributed by atoms with E-state index in [1.54, 1.807) is 19.2 Å². The van der Waals surface area contributed by atoms with Gasteiger partial charge >= 0.3 is 0 Å². The first-order valence-electron chi connectivity index (χ1n) is 6.65. The lowest BCUT2D eigenvalue weighted by molar-refractivity contribution is 0.195. The van der Waals surface area contributed by atoms with Crippen molar-refractivity contribution in [3.63, 3.8) is 0 Å². The molecule has 1 N–H and O–H groups in total. The van der Waals surface area contributed by atoms with Gasteiger partial charge in [0.05, 0.1) is 6.61 Å². The maximum atomic E-state index is 14.0. The fourth-order valence-electron chi connectivity index (χ4n) is 2.37. The van der Waals surface area contributed by atoms with Gasteiger partial charge < -0.3 is 10.1 Å². The van der Waals surface area contributed by atoms with Crippen molar-refractivity contribution >= 4 is 0 Å². The van der Waals surface area contributed by atoms with E-state index in [1.165, 1.54) is 0 Å². The van der Waals surface area contributed by atoms with E-state index in [0.717, 1.165) is 31.5 Å². The minimum Gasteiger partial charge on any atom is -0.383 e. The van der Waals surface area contributed by atoms with E-state index in [4.69, 9.17) is 4.74 Å². The highest BCUT2D eigenvalue weighted by Crippen LogP contribution is 2.32. The fraction of sp³-hybridized carbons (Fsp3) is 0.600. The van der Waals surface area contributed by atoms with Crippen molar-refractivity contribution in [3.05, 3.63) is 35.6 Å². The number of hydrogen-bond donors (Lipinski definition) is 1. The van der Waals surface area contributed by atoms with Gasteiger partial charge in [0.2, 0.25) is 0 Å². The molecule has 0 saturated heterocycles. The molecule has 0 aliphatic rings. The summed E-state index contributed by atoms with van der Waals surface area (Å²) in [6.45, 7) is 6.50. The number of methoxy groups -OCH3 is 1. The molecule has 0 radical (unpaired) electrons. The maximum Gasteiger partial charge on any atom is 0.127 e. The Labute approximate surface area is 110 Å². The van der Waals surface area contributed by atoms with E-state index in [1.807, 2.05) is 12.1 Å². The van der Waals surface area contributed by atoms with Gasteiger partial charge in [-0.1, -0.05) is 32.0 Å². The van der Waals surface area contributed by atoms with Gasteiger partial charge in [-0.15, -0.1) is 0 Å². The molecule has 0 fully saturated rings. The first kappa shape index (κ1) is 15.1. The zero-order chi connectivity index (χ0) is 13.4. The van der Waals surface area contributed by atoms with Gasteiger partial charge in [-0.05, 0) is 24.5 Å². The predicted octanol–water partition coefficient (Wildman–Crippen LogP) is 3.12. The zero-order valence-corrected chi connectivity index (χ0v) is 11.6. The van der Waals surface area contributed by atoms with Crippen molar-refractivity contribution in [1.29, 1.82) is 0 Å². The van der Waals surface area contributed by atoms with Crippen LogP contribution >= 0.6 is 0 Å². The van der Waals surface area contributed by atoms with Crippen molar-refractivity contribution in [1.82, 2.24) is 5.32 Å². The van der Waals surface area contributed by atoms with E-state index < -0.39 is 0 Å². The zero-order valence-electron chi connectivity index (χ0n) is 11.6. The van der Waals surface area contributed by atoms with Crippen LogP contribution in [0, 0.1) is 5.82 Å². The second-order valence-electron chi connectivity index (χ2n) is 4.64. The van der Waals surface area contributed by atoms with Gasteiger partial charge in [0, 0.05) is 25.6 Å². The predicted molar refractivity (Wildman–Crippen MR) is 73.4 cm³/mol. The largest absolute Gasteiger partial charge is 0.383 e. The molecule has 0 unspecified atom stereocenters. The van der Waals surface area contributed by atoms with Gasteiger partial charge in [-0.2, -0.15) is 0 Å². The highest BCUT2D eigenvalue weighted by Gasteiger charge is 2.30. The summed E-state index contributed by atoms with van der Waals surface area (Å²) in [6.07, 6.45) is 1.84. The highest BCUT2D eigenvalue weighted by atomic mass is 19.1. The molecule has 0 aromatic heterocycles. The molecule has 102 valence electrons. The molecule has 0 bridgehead atoms. The minimum atomic E-state index is -0.126. The molecule has 0 aliphatic heterocycles. The van der Waals surface area contributed by atoms with Crippen molar-refractivity contribution < 1.29 is 9.13 Å². The van der Waals surface area contributed by atoms with E-state index in [0.29, 0.717) is 6.61 Å². The van der Waals surface area contributed by atoms with Crippen LogP contribution in [0.3, 0.4) is 0 Å². The van der Waals surface area contributed by atoms with Crippen LogP contribution in [0.2, 0.25) is 0 Å². The van der Waals surface area contributed by atoms with E-state index in [2.05, 4.69) is 19.2 Å². The lowest BCUT2D eigenvalue weighted by Gasteiger charge is -2.33. The van der Waals surface area contributed by atoms with Crippen LogP contribution in [0.5, 0.6) is 0 Å². The van der Waals surface area contributed by atoms with E-state index >= 15 is 0 Å². The molecule has 0 saturated carbocycles. The molecule has 18 heavy (non-hydrogen) atoms. The van der Waals surface area contributed by atoms with Crippen molar-refractivity contribution in [2.45, 2.75) is 32.1 Å². The number of ether oxygens (including phenoxy) is 1. The second-order valence-corrected chi connectivity index (χ2v) is 4.64. The van der Waals surface area contributed by atoms with Gasteiger partial charge in [-0.3, -0.25) is 0 Å². The van der Waals surface area contributed by atoms with Gasteiger partial charge in [0.15, 0.2) is 0 Å². The monoisotopic (exact) mass is 253 g/mol. The second kappa shape index (κ2) is 7.49. The molecular formula is C15H24FNO. The van der Waals surface area contributed by atoms with Gasteiger partial charge in [0.1, 0.15) is 5.82 Å². The number of nitrogens with one attached hydrogen (secondary N) is 1. The third-order valence-corrected chi connectivity index (χ3v) is 3.75. The Morgan fingerprint density at radius 2 is 1.89 bits per heavy atom. The topological polar surface area (TPSA) is 21.3 Å². The van der Waals surface area contributed by atoms with Crippen LogP contribution in [0.1, 0.15) is 32.3 Å². The van der Waals surface area contributed by atoms with Crippen LogP contribution < -0.4 is 5.32 Å². The summed E-state index contributed by atoms with van der Waals surface area (Å²) in [5, 5.41) is 3.36. The van der Waals surface area contributed by atoms with Crippen LogP contribution in [0.15, 0.2) is 24.3 Å². The summed E-state index contributed by atoms with van der Waals surface area (Å²) in [4.78, 5) is 0. The Kier molecular flexibility index (Phi) is 6.30. The number of halogens is 1. The Balaban J connectivity index is 2.83. The summed E-state index contributed by atoms with van der Waals surface area (Å²) >= 11 is 0. The highest BCUT2D eigenvalue weighted by molar-refractivity contribution is 5.27. The van der Waals surface area contributed by atoms with Crippen molar-refractivity contribution in [2.24, 2.45) is 0 Å². The SMILES string of the molecule is CCC(CC)(CNCCOC)c1ccccc1F. The smallest absolute Gasteiger partial charge is 0.127 e. The molecule has 0 heterocycles. The summed E-state index contributed by atoms with van der Waals surface area (Å²) in [7, 11) is 1.69. The van der Waals surface area contributed by atoms with Gasteiger partial charge in [0.25, 0.3) is 0 Å². The minimum absolute atomic E-state index is 0.102. The average molecular weight is 253 g/mol. The molecule has 0 spiro atoms. The summed E-state index contributed by atoms with van der Waals surface area (Å²) < 4.78 is 19.0. The molecule has 1 aromatic carbocycles. The first-order valence-corrected chi connectivity index (χ1v) is 6.65. The Bertz CT molecular complexity index is 350. The maximum absolute atomic E-state index is 14.0. The number of hydrogen-bond acceptors (Lipinski definition) is 2. The molecule has 0 amide bonds. The fourth-order valence-corrected chi connectivity index (χ4v) is 2.37. The van der Waals surface area contributed by atoms with Crippen LogP contribution in [0.25, 0.3) is 0 Å². The van der Waals surface area contributed by atoms with Crippen LogP contribution in [-0.4, -0.2) is 26.8 Å². The summed E-state index contributed by atoms with van der Waals surface area (Å²) in [5.74, 6) is -0.102. The number of rotatable bonds is 8. The third-order valence-electron chi connectivity index (χ3n) is 3.75. The van der Waals surface area contributed by atoms with E-state index in [-0.39, 0.29) is 11.2 Å². The lowest BCUT2D eigenvalue weighted by atomic mass is 9.75. The molecule has 1 aromatic rings.